The molecule has 0 spiro atoms. The Morgan fingerprint density at radius 1 is 0.812 bits per heavy atom. The van der Waals surface area contributed by atoms with E-state index in [1.807, 2.05) is 60.7 Å². The van der Waals surface area contributed by atoms with Crippen molar-refractivity contribution in [2.24, 2.45) is 0 Å². The average Bonchev–Trinajstić information content (AvgIpc) is 2.38. The van der Waals surface area contributed by atoms with Crippen LogP contribution < -0.4 is 0 Å². The molecule has 0 amide bonds. The lowest BCUT2D eigenvalue weighted by molar-refractivity contribution is 1.26. The van der Waals surface area contributed by atoms with Crippen LogP contribution in [0, 0.1) is 11.8 Å². The molecule has 16 heavy (non-hydrogen) atoms. The summed E-state index contributed by atoms with van der Waals surface area (Å²) in [5.74, 6) is 6.09. The van der Waals surface area contributed by atoms with Gasteiger partial charge < -0.3 is 0 Å². The van der Waals surface area contributed by atoms with Gasteiger partial charge in [-0.15, -0.1) is 11.6 Å². The molecule has 0 saturated heterocycles. The summed E-state index contributed by atoms with van der Waals surface area (Å²) in [5.41, 5.74) is 2.02. The van der Waals surface area contributed by atoms with Crippen LogP contribution in [0.4, 0.5) is 0 Å². The summed E-state index contributed by atoms with van der Waals surface area (Å²) >= 11 is 6.18. The van der Waals surface area contributed by atoms with E-state index in [0.29, 0.717) is 0 Å². The molecule has 1 heteroatoms. The molecule has 0 aromatic heterocycles. The Bertz CT molecular complexity index is 491. The fourth-order valence-electron chi connectivity index (χ4n) is 1.37. The Labute approximate surface area is 101 Å². The zero-order valence-corrected chi connectivity index (χ0v) is 9.48. The van der Waals surface area contributed by atoms with Gasteiger partial charge in [0.05, 0.1) is 0 Å². The molecule has 0 fully saturated rings. The quantitative estimate of drug-likeness (QED) is 0.509. The molecule has 2 aromatic rings. The van der Waals surface area contributed by atoms with Crippen molar-refractivity contribution >= 4 is 11.6 Å². The summed E-state index contributed by atoms with van der Waals surface area (Å²) < 4.78 is 0. The predicted octanol–water partition coefficient (Wildman–Crippen LogP) is 4.02. The first kappa shape index (κ1) is 10.8. The van der Waals surface area contributed by atoms with E-state index in [2.05, 4.69) is 11.8 Å². The van der Waals surface area contributed by atoms with Crippen LogP contribution in [0.15, 0.2) is 60.7 Å². The van der Waals surface area contributed by atoms with Gasteiger partial charge in [0.15, 0.2) is 0 Å². The summed E-state index contributed by atoms with van der Waals surface area (Å²) in [7, 11) is 0. The lowest BCUT2D eigenvalue weighted by Crippen LogP contribution is -1.85. The van der Waals surface area contributed by atoms with E-state index < -0.39 is 0 Å². The second kappa shape index (κ2) is 5.39. The molecule has 0 saturated carbocycles. The van der Waals surface area contributed by atoms with E-state index in [1.165, 1.54) is 0 Å². The molecule has 0 N–H and O–H groups in total. The zero-order chi connectivity index (χ0) is 11.2. The summed E-state index contributed by atoms with van der Waals surface area (Å²) in [6.07, 6.45) is 0. The molecule has 0 nitrogen and oxygen atoms in total. The topological polar surface area (TPSA) is 0 Å². The van der Waals surface area contributed by atoms with Crippen molar-refractivity contribution in [3.63, 3.8) is 0 Å². The summed E-state index contributed by atoms with van der Waals surface area (Å²) in [4.78, 5) is 0. The number of alkyl halides is 1. The highest BCUT2D eigenvalue weighted by Gasteiger charge is 2.01. The fourth-order valence-corrected chi connectivity index (χ4v) is 1.57. The van der Waals surface area contributed by atoms with Crippen molar-refractivity contribution in [1.29, 1.82) is 0 Å². The third-order valence-corrected chi connectivity index (χ3v) is 2.57. The standard InChI is InChI=1S/C15H11Cl/c16-15(14-9-5-2-6-10-14)12-11-13-7-3-1-4-8-13/h1-10,15H. The third kappa shape index (κ3) is 2.89. The van der Waals surface area contributed by atoms with Crippen LogP contribution in [0.5, 0.6) is 0 Å². The van der Waals surface area contributed by atoms with Crippen LogP contribution in [-0.4, -0.2) is 0 Å². The highest BCUT2D eigenvalue weighted by Crippen LogP contribution is 2.18. The molecular formula is C15H11Cl. The van der Waals surface area contributed by atoms with Gasteiger partial charge in [-0.2, -0.15) is 0 Å². The number of benzene rings is 2. The first-order valence-corrected chi connectivity index (χ1v) is 5.55. The van der Waals surface area contributed by atoms with Gasteiger partial charge in [-0.25, -0.2) is 0 Å². The molecule has 0 aliphatic carbocycles. The van der Waals surface area contributed by atoms with Crippen LogP contribution >= 0.6 is 11.6 Å². The first-order chi connectivity index (χ1) is 7.86. The SMILES string of the molecule is ClC(C#Cc1ccccc1)c1ccccc1. The smallest absolute Gasteiger partial charge is 0.104 e. The van der Waals surface area contributed by atoms with Crippen LogP contribution in [0.25, 0.3) is 0 Å². The minimum Gasteiger partial charge on any atom is -0.104 e. The molecule has 0 radical (unpaired) electrons. The Hall–Kier alpha value is -1.71. The fraction of sp³-hybridized carbons (Fsp3) is 0.0667. The molecule has 78 valence electrons. The Balaban J connectivity index is 2.15. The van der Waals surface area contributed by atoms with Gasteiger partial charge in [-0.1, -0.05) is 60.4 Å². The molecule has 1 atom stereocenters. The van der Waals surface area contributed by atoms with Crippen molar-refractivity contribution < 1.29 is 0 Å². The predicted molar refractivity (Wildman–Crippen MR) is 68.4 cm³/mol. The average molecular weight is 227 g/mol. The summed E-state index contributed by atoms with van der Waals surface area (Å²) in [6.45, 7) is 0. The monoisotopic (exact) mass is 226 g/mol. The third-order valence-electron chi connectivity index (χ3n) is 2.21. The second-order valence-electron chi connectivity index (χ2n) is 3.41. The van der Waals surface area contributed by atoms with Crippen molar-refractivity contribution in [3.05, 3.63) is 71.8 Å². The highest BCUT2D eigenvalue weighted by molar-refractivity contribution is 6.22. The molecule has 0 aliphatic rings. The van der Waals surface area contributed by atoms with Crippen LogP contribution in [0.1, 0.15) is 16.5 Å². The van der Waals surface area contributed by atoms with Gasteiger partial charge in [0.1, 0.15) is 5.38 Å². The molecule has 0 bridgehead atoms. The Morgan fingerprint density at radius 3 is 2.00 bits per heavy atom. The minimum atomic E-state index is -0.249. The van der Waals surface area contributed by atoms with E-state index in [-0.39, 0.29) is 5.38 Å². The first-order valence-electron chi connectivity index (χ1n) is 5.12. The summed E-state index contributed by atoms with van der Waals surface area (Å²) in [5, 5.41) is -0.249. The van der Waals surface area contributed by atoms with Crippen molar-refractivity contribution in [1.82, 2.24) is 0 Å². The number of hydrogen-bond donors (Lipinski definition) is 0. The second-order valence-corrected chi connectivity index (χ2v) is 3.85. The van der Waals surface area contributed by atoms with Gasteiger partial charge in [0.2, 0.25) is 0 Å². The van der Waals surface area contributed by atoms with E-state index in [9.17, 15) is 0 Å². The number of hydrogen-bond acceptors (Lipinski definition) is 0. The zero-order valence-electron chi connectivity index (χ0n) is 8.73. The van der Waals surface area contributed by atoms with E-state index in [1.54, 1.807) is 0 Å². The van der Waals surface area contributed by atoms with Crippen molar-refractivity contribution in [2.45, 2.75) is 5.38 Å². The van der Waals surface area contributed by atoms with Crippen molar-refractivity contribution in [3.8, 4) is 11.8 Å². The molecule has 2 aromatic carbocycles. The number of halogens is 1. The maximum atomic E-state index is 6.18. The molecule has 0 heterocycles. The van der Waals surface area contributed by atoms with Gasteiger partial charge in [0, 0.05) is 5.56 Å². The minimum absolute atomic E-state index is 0.249. The van der Waals surface area contributed by atoms with E-state index in [0.717, 1.165) is 11.1 Å². The molecule has 2 rings (SSSR count). The van der Waals surface area contributed by atoms with Gasteiger partial charge >= 0.3 is 0 Å². The molecular weight excluding hydrogens is 216 g/mol. The lowest BCUT2D eigenvalue weighted by atomic mass is 10.1. The largest absolute Gasteiger partial charge is 0.120 e. The maximum Gasteiger partial charge on any atom is 0.120 e. The van der Waals surface area contributed by atoms with Gasteiger partial charge in [0.25, 0.3) is 0 Å². The Morgan fingerprint density at radius 2 is 1.38 bits per heavy atom. The normalized spacial score (nSPS) is 11.3. The van der Waals surface area contributed by atoms with Crippen LogP contribution in [-0.2, 0) is 0 Å². The molecule has 0 aliphatic heterocycles. The number of rotatable bonds is 1. The molecule has 1 unspecified atom stereocenters. The van der Waals surface area contributed by atoms with E-state index >= 15 is 0 Å². The van der Waals surface area contributed by atoms with Crippen LogP contribution in [0.3, 0.4) is 0 Å². The Kier molecular flexibility index (Phi) is 3.64. The lowest BCUT2D eigenvalue weighted by Gasteiger charge is -2.00. The van der Waals surface area contributed by atoms with Crippen LogP contribution in [0.2, 0.25) is 0 Å². The maximum absolute atomic E-state index is 6.18. The van der Waals surface area contributed by atoms with Gasteiger partial charge in [-0.05, 0) is 17.7 Å². The highest BCUT2D eigenvalue weighted by atomic mass is 35.5. The van der Waals surface area contributed by atoms with Crippen molar-refractivity contribution in [2.75, 3.05) is 0 Å². The summed E-state index contributed by atoms with van der Waals surface area (Å²) in [6, 6.07) is 19.7. The van der Waals surface area contributed by atoms with E-state index in [4.69, 9.17) is 11.6 Å². The van der Waals surface area contributed by atoms with Gasteiger partial charge in [-0.3, -0.25) is 0 Å².